The lowest BCUT2D eigenvalue weighted by molar-refractivity contribution is -0.132. The predicted octanol–water partition coefficient (Wildman–Crippen LogP) is 5.00. The van der Waals surface area contributed by atoms with Crippen LogP contribution in [0, 0.1) is 0 Å². The Morgan fingerprint density at radius 3 is 1.38 bits per heavy atom. The molecule has 26 heavy (non-hydrogen) atoms. The second-order valence-corrected chi connectivity index (χ2v) is 6.14. The van der Waals surface area contributed by atoms with Crippen LogP contribution in [0.3, 0.4) is 0 Å². The zero-order valence-electron chi connectivity index (χ0n) is 14.4. The van der Waals surface area contributed by atoms with Gasteiger partial charge in [-0.05, 0) is 22.9 Å². The Bertz CT molecular complexity index is 1100. The lowest BCUT2D eigenvalue weighted by Gasteiger charge is -2.16. The van der Waals surface area contributed by atoms with E-state index in [9.17, 15) is 9.59 Å². The molecular formula is C22H16O4. The molecule has 0 aliphatic carbocycles. The molecule has 0 amide bonds. The third-order valence-electron chi connectivity index (χ3n) is 4.28. The fourth-order valence-corrected chi connectivity index (χ4v) is 3.29. The van der Waals surface area contributed by atoms with Crippen LogP contribution < -0.4 is 9.47 Å². The van der Waals surface area contributed by atoms with Gasteiger partial charge >= 0.3 is 11.9 Å². The number of fused-ring (bicyclic) bond motifs is 3. The number of benzene rings is 4. The molecule has 128 valence electrons. The highest BCUT2D eigenvalue weighted by Crippen LogP contribution is 2.44. The Morgan fingerprint density at radius 2 is 1.00 bits per heavy atom. The first-order chi connectivity index (χ1) is 12.5. The molecule has 0 aliphatic heterocycles. The van der Waals surface area contributed by atoms with Gasteiger partial charge in [-0.3, -0.25) is 9.59 Å². The van der Waals surface area contributed by atoms with Crippen LogP contribution in [0.15, 0.2) is 60.7 Å². The zero-order chi connectivity index (χ0) is 18.3. The third-order valence-corrected chi connectivity index (χ3v) is 4.28. The van der Waals surface area contributed by atoms with E-state index < -0.39 is 11.9 Å². The van der Waals surface area contributed by atoms with E-state index in [0.29, 0.717) is 11.5 Å². The third kappa shape index (κ3) is 2.65. The lowest BCUT2D eigenvalue weighted by atomic mass is 9.97. The minimum Gasteiger partial charge on any atom is -0.425 e. The van der Waals surface area contributed by atoms with Gasteiger partial charge in [-0.2, -0.15) is 0 Å². The van der Waals surface area contributed by atoms with Crippen molar-refractivity contribution in [3.8, 4) is 11.5 Å². The number of esters is 2. The molecule has 0 saturated carbocycles. The summed E-state index contributed by atoms with van der Waals surface area (Å²) in [6.07, 6.45) is 0. The molecule has 0 fully saturated rings. The van der Waals surface area contributed by atoms with Gasteiger partial charge in [-0.25, -0.2) is 0 Å². The minimum atomic E-state index is -0.398. The predicted molar refractivity (Wildman–Crippen MR) is 102 cm³/mol. The summed E-state index contributed by atoms with van der Waals surface area (Å²) in [5, 5.41) is 4.93. The molecule has 0 unspecified atom stereocenters. The maximum absolute atomic E-state index is 11.7. The summed E-state index contributed by atoms with van der Waals surface area (Å²) in [6.45, 7) is 2.75. The molecule has 4 aromatic carbocycles. The van der Waals surface area contributed by atoms with Crippen molar-refractivity contribution >= 4 is 44.3 Å². The molecule has 0 N–H and O–H groups in total. The Morgan fingerprint density at radius 1 is 0.615 bits per heavy atom. The van der Waals surface area contributed by atoms with Crippen molar-refractivity contribution < 1.29 is 19.1 Å². The second-order valence-electron chi connectivity index (χ2n) is 6.14. The van der Waals surface area contributed by atoms with E-state index in [1.54, 1.807) is 0 Å². The smallest absolute Gasteiger partial charge is 0.308 e. The monoisotopic (exact) mass is 344 g/mol. The second kappa shape index (κ2) is 6.15. The van der Waals surface area contributed by atoms with Crippen molar-refractivity contribution in [2.45, 2.75) is 13.8 Å². The molecule has 0 saturated heterocycles. The highest BCUT2D eigenvalue weighted by molar-refractivity contribution is 6.15. The normalized spacial score (nSPS) is 11.0. The van der Waals surface area contributed by atoms with Crippen molar-refractivity contribution in [3.05, 3.63) is 60.7 Å². The lowest BCUT2D eigenvalue weighted by Crippen LogP contribution is -2.06. The molecule has 0 spiro atoms. The van der Waals surface area contributed by atoms with Crippen LogP contribution in [0.1, 0.15) is 13.8 Å². The largest absolute Gasteiger partial charge is 0.425 e. The van der Waals surface area contributed by atoms with Gasteiger partial charge in [0, 0.05) is 35.4 Å². The molecule has 4 aromatic rings. The summed E-state index contributed by atoms with van der Waals surface area (Å²) < 4.78 is 11.1. The number of carbonyl (C=O) groups excluding carboxylic acids is 2. The molecular weight excluding hydrogens is 328 g/mol. The number of ether oxygens (including phenoxy) is 2. The van der Waals surface area contributed by atoms with Crippen molar-refractivity contribution in [2.24, 2.45) is 0 Å². The molecule has 0 radical (unpaired) electrons. The van der Waals surface area contributed by atoms with Gasteiger partial charge in [0.25, 0.3) is 0 Å². The summed E-state index contributed by atoms with van der Waals surface area (Å²) in [5.74, 6) is 0.157. The van der Waals surface area contributed by atoms with Crippen molar-refractivity contribution in [3.63, 3.8) is 0 Å². The van der Waals surface area contributed by atoms with Gasteiger partial charge < -0.3 is 9.47 Å². The fraction of sp³-hybridized carbons (Fsp3) is 0.0909. The Kier molecular flexibility index (Phi) is 3.81. The van der Waals surface area contributed by atoms with Gasteiger partial charge in [-0.1, -0.05) is 48.5 Å². The average Bonchev–Trinajstić information content (AvgIpc) is 2.62. The van der Waals surface area contributed by atoms with Crippen molar-refractivity contribution in [1.82, 2.24) is 0 Å². The first-order valence-electron chi connectivity index (χ1n) is 8.28. The summed E-state index contributed by atoms with van der Waals surface area (Å²) in [5.41, 5.74) is 0. The first kappa shape index (κ1) is 16.1. The molecule has 0 aromatic heterocycles. The fourth-order valence-electron chi connectivity index (χ4n) is 3.29. The summed E-state index contributed by atoms with van der Waals surface area (Å²) in [4.78, 5) is 23.4. The van der Waals surface area contributed by atoms with Crippen molar-refractivity contribution in [1.29, 1.82) is 0 Å². The average molecular weight is 344 g/mol. The quantitative estimate of drug-likeness (QED) is 0.292. The first-order valence-corrected chi connectivity index (χ1v) is 8.28. The van der Waals surface area contributed by atoms with Crippen LogP contribution in [0.25, 0.3) is 32.3 Å². The van der Waals surface area contributed by atoms with Crippen LogP contribution in [0.5, 0.6) is 11.5 Å². The highest BCUT2D eigenvalue weighted by Gasteiger charge is 2.19. The maximum atomic E-state index is 11.7. The molecule has 0 bridgehead atoms. The van der Waals surface area contributed by atoms with E-state index in [1.807, 2.05) is 60.7 Å². The van der Waals surface area contributed by atoms with E-state index in [-0.39, 0.29) is 0 Å². The van der Waals surface area contributed by atoms with Crippen LogP contribution in [-0.2, 0) is 9.59 Å². The topological polar surface area (TPSA) is 52.6 Å². The molecule has 4 rings (SSSR count). The van der Waals surface area contributed by atoms with E-state index >= 15 is 0 Å². The molecule has 0 atom stereocenters. The molecule has 0 aliphatic rings. The molecule has 0 heterocycles. The van der Waals surface area contributed by atoms with Gasteiger partial charge in [-0.15, -0.1) is 0 Å². The number of rotatable bonds is 2. The summed E-state index contributed by atoms with van der Waals surface area (Å²) in [7, 11) is 0. The van der Waals surface area contributed by atoms with E-state index in [1.165, 1.54) is 13.8 Å². The van der Waals surface area contributed by atoms with Gasteiger partial charge in [0.2, 0.25) is 0 Å². The zero-order valence-corrected chi connectivity index (χ0v) is 14.4. The van der Waals surface area contributed by atoms with E-state index in [0.717, 1.165) is 32.3 Å². The SMILES string of the molecule is CC(=O)Oc1c2ccccc2c(OC(C)=O)c2cc3ccccc3cc12. The highest BCUT2D eigenvalue weighted by atomic mass is 16.5. The number of carbonyl (C=O) groups is 2. The van der Waals surface area contributed by atoms with Gasteiger partial charge in [0.05, 0.1) is 0 Å². The summed E-state index contributed by atoms with van der Waals surface area (Å²) in [6, 6.07) is 19.2. The van der Waals surface area contributed by atoms with Crippen LogP contribution in [0.2, 0.25) is 0 Å². The summed E-state index contributed by atoms with van der Waals surface area (Å²) >= 11 is 0. The number of hydrogen-bond donors (Lipinski definition) is 0. The van der Waals surface area contributed by atoms with Crippen LogP contribution >= 0.6 is 0 Å². The maximum Gasteiger partial charge on any atom is 0.308 e. The Hall–Kier alpha value is -3.40. The molecule has 4 nitrogen and oxygen atoms in total. The van der Waals surface area contributed by atoms with Crippen LogP contribution in [0.4, 0.5) is 0 Å². The van der Waals surface area contributed by atoms with E-state index in [2.05, 4.69) is 0 Å². The van der Waals surface area contributed by atoms with E-state index in [4.69, 9.17) is 9.47 Å². The van der Waals surface area contributed by atoms with Crippen LogP contribution in [-0.4, -0.2) is 11.9 Å². The number of hydrogen-bond acceptors (Lipinski definition) is 4. The Labute approximate surface area is 149 Å². The Balaban J connectivity index is 2.23. The minimum absolute atomic E-state index is 0.398. The van der Waals surface area contributed by atoms with Gasteiger partial charge in [0.15, 0.2) is 0 Å². The van der Waals surface area contributed by atoms with Gasteiger partial charge in [0.1, 0.15) is 11.5 Å². The molecule has 4 heteroatoms. The van der Waals surface area contributed by atoms with Crippen molar-refractivity contribution in [2.75, 3.05) is 0 Å². The standard InChI is InChI=1S/C22H16O4/c1-13(23)25-21-17-9-5-6-10-18(17)22(26-14(2)24)20-12-16-8-4-3-7-15(16)11-19(20)21/h3-12H,1-2H3.